The highest BCUT2D eigenvalue weighted by Gasteiger charge is 2.26. The summed E-state index contributed by atoms with van der Waals surface area (Å²) in [5.41, 5.74) is 0.115. The monoisotopic (exact) mass is 383 g/mol. The average molecular weight is 384 g/mol. The van der Waals surface area contributed by atoms with E-state index < -0.39 is 15.6 Å². The van der Waals surface area contributed by atoms with E-state index in [1.165, 1.54) is 6.07 Å². The number of hydrogen-bond acceptors (Lipinski definition) is 4. The van der Waals surface area contributed by atoms with Gasteiger partial charge in [-0.15, -0.1) is 0 Å². The molecule has 0 radical (unpaired) electrons. The van der Waals surface area contributed by atoms with Crippen LogP contribution in [0.5, 0.6) is 5.75 Å². The van der Waals surface area contributed by atoms with Crippen LogP contribution in [0.15, 0.2) is 47.4 Å². The van der Waals surface area contributed by atoms with Gasteiger partial charge in [-0.25, -0.2) is 13.1 Å². The van der Waals surface area contributed by atoms with Crippen LogP contribution in [0.1, 0.15) is 18.1 Å². The Hall–Kier alpha value is -1.60. The van der Waals surface area contributed by atoms with Crippen molar-refractivity contribution in [2.75, 3.05) is 13.7 Å². The lowest BCUT2D eigenvalue weighted by molar-refractivity contribution is 0.0657. The molecule has 7 heteroatoms. The third kappa shape index (κ3) is 5.19. The molecular weight excluding hydrogens is 362 g/mol. The van der Waals surface area contributed by atoms with E-state index in [1.54, 1.807) is 45.2 Å². The topological polar surface area (TPSA) is 75.6 Å². The van der Waals surface area contributed by atoms with Crippen LogP contribution in [0.3, 0.4) is 0 Å². The third-order valence-electron chi connectivity index (χ3n) is 3.89. The Morgan fingerprint density at radius 1 is 1.20 bits per heavy atom. The van der Waals surface area contributed by atoms with Gasteiger partial charge in [-0.2, -0.15) is 0 Å². The van der Waals surface area contributed by atoms with Crippen LogP contribution in [0, 0.1) is 6.92 Å². The predicted molar refractivity (Wildman–Crippen MR) is 98.7 cm³/mol. The maximum Gasteiger partial charge on any atom is 0.240 e. The lowest BCUT2D eigenvalue weighted by atomic mass is 9.97. The Balaban J connectivity index is 2.08. The van der Waals surface area contributed by atoms with Crippen LogP contribution in [0.2, 0.25) is 5.02 Å². The van der Waals surface area contributed by atoms with E-state index in [0.717, 1.165) is 11.3 Å². The molecular formula is C18H22ClNO4S. The van der Waals surface area contributed by atoms with Crippen LogP contribution >= 0.6 is 11.6 Å². The molecule has 0 fully saturated rings. The van der Waals surface area contributed by atoms with E-state index in [-0.39, 0.29) is 11.4 Å². The first kappa shape index (κ1) is 19.7. The van der Waals surface area contributed by atoms with Crippen LogP contribution in [0.4, 0.5) is 0 Å². The zero-order chi connectivity index (χ0) is 18.7. The van der Waals surface area contributed by atoms with Gasteiger partial charge >= 0.3 is 0 Å². The first-order valence-corrected chi connectivity index (χ1v) is 9.61. The van der Waals surface area contributed by atoms with E-state index in [4.69, 9.17) is 16.3 Å². The minimum Gasteiger partial charge on any atom is -0.497 e. The minimum absolute atomic E-state index is 0.111. The Morgan fingerprint density at radius 2 is 1.84 bits per heavy atom. The first-order chi connectivity index (χ1) is 11.6. The summed E-state index contributed by atoms with van der Waals surface area (Å²) in [5, 5.41) is 10.9. The fourth-order valence-electron chi connectivity index (χ4n) is 2.45. The van der Waals surface area contributed by atoms with Crippen molar-refractivity contribution >= 4 is 21.6 Å². The molecule has 0 aliphatic heterocycles. The molecule has 0 aromatic heterocycles. The molecule has 0 aliphatic rings. The summed E-state index contributed by atoms with van der Waals surface area (Å²) in [7, 11) is -2.18. The van der Waals surface area contributed by atoms with Gasteiger partial charge in [-0.3, -0.25) is 0 Å². The molecule has 0 spiro atoms. The van der Waals surface area contributed by atoms with Crippen LogP contribution < -0.4 is 9.46 Å². The fraction of sp³-hybridized carbons (Fsp3) is 0.333. The average Bonchev–Trinajstić information content (AvgIpc) is 2.56. The molecule has 136 valence electrons. The number of rotatable bonds is 7. The normalized spacial score (nSPS) is 14.1. The second-order valence-corrected chi connectivity index (χ2v) is 8.35. The largest absolute Gasteiger partial charge is 0.497 e. The lowest BCUT2D eigenvalue weighted by Gasteiger charge is -2.24. The molecule has 0 saturated carbocycles. The van der Waals surface area contributed by atoms with Crippen molar-refractivity contribution in [3.63, 3.8) is 0 Å². The number of halogens is 1. The van der Waals surface area contributed by atoms with E-state index in [2.05, 4.69) is 4.72 Å². The summed E-state index contributed by atoms with van der Waals surface area (Å²) in [6.45, 7) is 3.12. The summed E-state index contributed by atoms with van der Waals surface area (Å²) >= 11 is 5.99. The van der Waals surface area contributed by atoms with Gasteiger partial charge < -0.3 is 9.84 Å². The number of hydrogen-bond donors (Lipinski definition) is 2. The highest BCUT2D eigenvalue weighted by Crippen LogP contribution is 2.23. The van der Waals surface area contributed by atoms with Crippen molar-refractivity contribution in [1.82, 2.24) is 4.72 Å². The number of nitrogens with one attached hydrogen (secondary N) is 1. The number of methoxy groups -OCH3 is 1. The Kier molecular flexibility index (Phi) is 6.11. The second kappa shape index (κ2) is 7.74. The highest BCUT2D eigenvalue weighted by atomic mass is 35.5. The van der Waals surface area contributed by atoms with Gasteiger partial charge in [0.05, 0.1) is 17.6 Å². The number of aliphatic hydroxyl groups is 1. The second-order valence-electron chi connectivity index (χ2n) is 6.21. The van der Waals surface area contributed by atoms with Gasteiger partial charge in [0.1, 0.15) is 5.75 Å². The number of ether oxygens (including phenoxy) is 1. The summed E-state index contributed by atoms with van der Waals surface area (Å²) in [4.78, 5) is 0.111. The first-order valence-electron chi connectivity index (χ1n) is 7.75. The Morgan fingerprint density at radius 3 is 2.44 bits per heavy atom. The van der Waals surface area contributed by atoms with Gasteiger partial charge in [0.25, 0.3) is 0 Å². The van der Waals surface area contributed by atoms with Gasteiger partial charge in [0.2, 0.25) is 10.0 Å². The quantitative estimate of drug-likeness (QED) is 0.770. The van der Waals surface area contributed by atoms with Gasteiger partial charge in [0, 0.05) is 18.0 Å². The Labute approximate surface area is 153 Å². The van der Waals surface area contributed by atoms with Crippen molar-refractivity contribution in [3.8, 4) is 5.75 Å². The molecule has 2 aromatic carbocycles. The maximum absolute atomic E-state index is 12.5. The molecule has 0 amide bonds. The summed E-state index contributed by atoms with van der Waals surface area (Å²) in [6, 6.07) is 12.0. The summed E-state index contributed by atoms with van der Waals surface area (Å²) in [5.74, 6) is 0.723. The molecule has 2 N–H and O–H groups in total. The molecule has 1 atom stereocenters. The lowest BCUT2D eigenvalue weighted by Crippen LogP contribution is -2.42. The summed E-state index contributed by atoms with van der Waals surface area (Å²) < 4.78 is 32.5. The smallest absolute Gasteiger partial charge is 0.240 e. The molecule has 0 unspecified atom stereocenters. The number of sulfonamides is 1. The van der Waals surface area contributed by atoms with Gasteiger partial charge in [-0.1, -0.05) is 29.8 Å². The molecule has 2 rings (SSSR count). The van der Waals surface area contributed by atoms with Crippen molar-refractivity contribution in [2.45, 2.75) is 30.8 Å². The van der Waals surface area contributed by atoms with Crippen molar-refractivity contribution in [2.24, 2.45) is 0 Å². The predicted octanol–water partition coefficient (Wildman–Crippen LogP) is 2.93. The van der Waals surface area contributed by atoms with Gasteiger partial charge in [-0.05, 0) is 49.2 Å². The highest BCUT2D eigenvalue weighted by molar-refractivity contribution is 7.89. The van der Waals surface area contributed by atoms with Crippen molar-refractivity contribution in [3.05, 3.63) is 58.6 Å². The van der Waals surface area contributed by atoms with Crippen molar-refractivity contribution < 1.29 is 18.3 Å². The van der Waals surface area contributed by atoms with Crippen molar-refractivity contribution in [1.29, 1.82) is 0 Å². The standard InChI is InChI=1S/C18H22ClNO4S/c1-13-16(19)5-4-6-17(13)25(22,23)20-12-18(2,21)11-14-7-9-15(24-3)10-8-14/h4-10,20-21H,11-12H2,1-3H3/t18-/m1/s1. The molecule has 25 heavy (non-hydrogen) atoms. The maximum atomic E-state index is 12.5. The Bertz CT molecular complexity index is 833. The fourth-order valence-corrected chi connectivity index (χ4v) is 4.11. The molecule has 0 heterocycles. The zero-order valence-electron chi connectivity index (χ0n) is 14.4. The molecule has 5 nitrogen and oxygen atoms in total. The third-order valence-corrected chi connectivity index (χ3v) is 5.85. The SMILES string of the molecule is COc1ccc(C[C@@](C)(O)CNS(=O)(=O)c2cccc(Cl)c2C)cc1. The van der Waals surface area contributed by atoms with Crippen LogP contribution in [-0.4, -0.2) is 32.8 Å². The minimum atomic E-state index is -3.76. The molecule has 0 aliphatic carbocycles. The van der Waals surface area contributed by atoms with E-state index in [1.807, 2.05) is 12.1 Å². The number of benzene rings is 2. The van der Waals surface area contributed by atoms with Gasteiger partial charge in [0.15, 0.2) is 0 Å². The zero-order valence-corrected chi connectivity index (χ0v) is 16.0. The summed E-state index contributed by atoms with van der Waals surface area (Å²) in [6.07, 6.45) is 0.300. The van der Waals surface area contributed by atoms with E-state index in [9.17, 15) is 13.5 Å². The molecule has 0 saturated heterocycles. The van der Waals surface area contributed by atoms with Crippen LogP contribution in [0.25, 0.3) is 0 Å². The van der Waals surface area contributed by atoms with E-state index in [0.29, 0.717) is 17.0 Å². The molecule has 0 bridgehead atoms. The van der Waals surface area contributed by atoms with Crippen LogP contribution in [-0.2, 0) is 16.4 Å². The molecule has 2 aromatic rings. The van der Waals surface area contributed by atoms with E-state index >= 15 is 0 Å².